The lowest BCUT2D eigenvalue weighted by Crippen LogP contribution is -2.31. The van der Waals surface area contributed by atoms with Crippen LogP contribution in [0.5, 0.6) is 0 Å². The number of nitrogens with zero attached hydrogens (tertiary/aromatic N) is 2. The normalized spacial score (nSPS) is 11.5. The number of fused-ring (bicyclic) bond motifs is 3. The van der Waals surface area contributed by atoms with Crippen molar-refractivity contribution in [2.24, 2.45) is 0 Å². The molecule has 2 nitrogen and oxygen atoms in total. The molecule has 10 aromatic rings. The van der Waals surface area contributed by atoms with Gasteiger partial charge < -0.3 is 9.47 Å². The maximum atomic E-state index is 2.39. The van der Waals surface area contributed by atoms with Crippen LogP contribution < -0.4 is 4.90 Å². The third-order valence-electron chi connectivity index (χ3n) is 11.3. The van der Waals surface area contributed by atoms with Crippen LogP contribution in [0.2, 0.25) is 0 Å². The van der Waals surface area contributed by atoms with E-state index in [-0.39, 0.29) is 0 Å². The molecule has 0 unspecified atom stereocenters. The molecule has 0 spiro atoms. The Morgan fingerprint density at radius 2 is 0.702 bits per heavy atom. The third-order valence-corrected chi connectivity index (χ3v) is 11.3. The van der Waals surface area contributed by atoms with Gasteiger partial charge in [0, 0.05) is 33.5 Å². The van der Waals surface area contributed by atoms with Crippen molar-refractivity contribution in [3.05, 3.63) is 265 Å². The van der Waals surface area contributed by atoms with Gasteiger partial charge in [0.25, 0.3) is 0 Å². The van der Waals surface area contributed by atoms with Crippen molar-refractivity contribution in [1.29, 1.82) is 0 Å². The van der Waals surface area contributed by atoms with Gasteiger partial charge in [-0.3, -0.25) is 0 Å². The summed E-state index contributed by atoms with van der Waals surface area (Å²) >= 11 is 0. The smallest absolute Gasteiger partial charge is 0.0701 e. The monoisotopic (exact) mass is 728 g/mol. The fourth-order valence-electron chi connectivity index (χ4n) is 8.76. The summed E-state index contributed by atoms with van der Waals surface area (Å²) in [5.41, 5.74) is 13.5. The maximum Gasteiger partial charge on any atom is 0.0701 e. The van der Waals surface area contributed by atoms with Crippen LogP contribution in [0.4, 0.5) is 17.1 Å². The van der Waals surface area contributed by atoms with E-state index in [0.717, 1.165) is 22.7 Å². The molecule has 0 bridgehead atoms. The van der Waals surface area contributed by atoms with Crippen molar-refractivity contribution in [1.82, 2.24) is 4.57 Å². The van der Waals surface area contributed by atoms with Crippen LogP contribution in [0.25, 0.3) is 38.6 Å². The second kappa shape index (κ2) is 14.7. The van der Waals surface area contributed by atoms with Gasteiger partial charge in [-0.2, -0.15) is 0 Å². The number of anilines is 3. The summed E-state index contributed by atoms with van der Waals surface area (Å²) in [5, 5.41) is 2.44. The van der Waals surface area contributed by atoms with Gasteiger partial charge in [0.05, 0.1) is 16.4 Å². The van der Waals surface area contributed by atoms with Gasteiger partial charge in [-0.1, -0.05) is 182 Å². The van der Waals surface area contributed by atoms with E-state index in [1.807, 2.05) is 0 Å². The molecular formula is C55H40N2. The van der Waals surface area contributed by atoms with Crippen LogP contribution >= 0.6 is 0 Å². The molecule has 2 heteroatoms. The van der Waals surface area contributed by atoms with E-state index >= 15 is 0 Å². The summed E-state index contributed by atoms with van der Waals surface area (Å²) in [4.78, 5) is 2.39. The maximum absolute atomic E-state index is 2.39. The summed E-state index contributed by atoms with van der Waals surface area (Å²) < 4.78 is 2.37. The summed E-state index contributed by atoms with van der Waals surface area (Å²) in [6.45, 7) is 0. The molecule has 0 atom stereocenters. The highest BCUT2D eigenvalue weighted by Gasteiger charge is 2.38. The van der Waals surface area contributed by atoms with Gasteiger partial charge in [0.2, 0.25) is 0 Å². The highest BCUT2D eigenvalue weighted by molar-refractivity contribution is 6.10. The Balaban J connectivity index is 1.17. The SMILES string of the molecule is c1ccc(-c2ccc(N(c3ccc(C(c4ccccc4)(c4ccccc4)c4ccccc4)cc3)c3ccc4c(c3)c3ccccc3n4-c3ccccc3)cc2)cc1. The number of aromatic nitrogens is 1. The lowest BCUT2D eigenvalue weighted by Gasteiger charge is -2.37. The molecule has 0 saturated carbocycles. The number of para-hydroxylation sites is 2. The van der Waals surface area contributed by atoms with Crippen LogP contribution in [0.3, 0.4) is 0 Å². The Hall–Kier alpha value is -7.42. The van der Waals surface area contributed by atoms with E-state index in [1.54, 1.807) is 0 Å². The van der Waals surface area contributed by atoms with Gasteiger partial charge in [-0.15, -0.1) is 0 Å². The Morgan fingerprint density at radius 1 is 0.298 bits per heavy atom. The molecule has 1 heterocycles. The second-order valence-electron chi connectivity index (χ2n) is 14.5. The molecule has 1 aromatic heterocycles. The summed E-state index contributed by atoms with van der Waals surface area (Å²) in [7, 11) is 0. The molecule has 0 N–H and O–H groups in total. The molecule has 10 rings (SSSR count). The fourth-order valence-corrected chi connectivity index (χ4v) is 8.76. The first kappa shape index (κ1) is 34.1. The molecule has 0 aliphatic rings. The zero-order valence-electron chi connectivity index (χ0n) is 31.5. The molecule has 9 aromatic carbocycles. The minimum absolute atomic E-state index is 0.525. The van der Waals surface area contributed by atoms with Crippen molar-refractivity contribution >= 4 is 38.9 Å². The van der Waals surface area contributed by atoms with Crippen LogP contribution in [-0.4, -0.2) is 4.57 Å². The molecule has 0 fully saturated rings. The van der Waals surface area contributed by atoms with E-state index in [0.29, 0.717) is 0 Å². The lowest BCUT2D eigenvalue weighted by molar-refractivity contribution is 0.745. The van der Waals surface area contributed by atoms with Gasteiger partial charge in [0.1, 0.15) is 0 Å². The standard InChI is InChI=1S/C55H40N2/c1-6-18-41(19-7-1)42-30-34-48(35-31-42)56(50-38-39-54-52(40-50)51-28-16-17-29-53(51)57(54)47-26-14-5-15-27-47)49-36-32-46(33-37-49)55(43-20-8-2-9-21-43,44-22-10-3-11-23-44)45-24-12-4-13-25-45/h1-40H. The van der Waals surface area contributed by atoms with Crippen LogP contribution in [0.1, 0.15) is 22.3 Å². The summed E-state index contributed by atoms with van der Waals surface area (Å²) in [6, 6.07) is 87.8. The average molecular weight is 729 g/mol. The van der Waals surface area contributed by atoms with Crippen molar-refractivity contribution < 1.29 is 0 Å². The largest absolute Gasteiger partial charge is 0.310 e. The molecule has 0 saturated heterocycles. The Morgan fingerprint density at radius 3 is 1.26 bits per heavy atom. The second-order valence-corrected chi connectivity index (χ2v) is 14.5. The zero-order chi connectivity index (χ0) is 38.0. The predicted molar refractivity (Wildman–Crippen MR) is 239 cm³/mol. The van der Waals surface area contributed by atoms with Crippen molar-refractivity contribution in [2.75, 3.05) is 4.90 Å². The minimum atomic E-state index is -0.525. The minimum Gasteiger partial charge on any atom is -0.310 e. The molecule has 0 radical (unpaired) electrons. The fraction of sp³-hybridized carbons (Fsp3) is 0.0182. The van der Waals surface area contributed by atoms with Crippen LogP contribution in [0, 0.1) is 0 Å². The van der Waals surface area contributed by atoms with Gasteiger partial charge >= 0.3 is 0 Å². The number of benzene rings is 9. The number of hydrogen-bond donors (Lipinski definition) is 0. The highest BCUT2D eigenvalue weighted by Crippen LogP contribution is 2.47. The van der Waals surface area contributed by atoms with E-state index in [9.17, 15) is 0 Å². The topological polar surface area (TPSA) is 8.17 Å². The van der Waals surface area contributed by atoms with Crippen LogP contribution in [-0.2, 0) is 5.41 Å². The van der Waals surface area contributed by atoms with Crippen molar-refractivity contribution in [2.45, 2.75) is 5.41 Å². The first-order chi connectivity index (χ1) is 28.3. The van der Waals surface area contributed by atoms with Gasteiger partial charge in [0.15, 0.2) is 0 Å². The molecule has 270 valence electrons. The van der Waals surface area contributed by atoms with E-state index in [2.05, 4.69) is 252 Å². The molecule has 0 aliphatic heterocycles. The Labute approximate surface area is 334 Å². The summed E-state index contributed by atoms with van der Waals surface area (Å²) in [5.74, 6) is 0. The predicted octanol–water partition coefficient (Wildman–Crippen LogP) is 14.3. The van der Waals surface area contributed by atoms with Crippen molar-refractivity contribution in [3.8, 4) is 16.8 Å². The first-order valence-corrected chi connectivity index (χ1v) is 19.6. The number of rotatable bonds is 9. The Bertz CT molecular complexity index is 2800. The van der Waals surface area contributed by atoms with E-state index in [1.165, 1.54) is 55.2 Å². The van der Waals surface area contributed by atoms with E-state index in [4.69, 9.17) is 0 Å². The molecule has 0 amide bonds. The molecular weight excluding hydrogens is 689 g/mol. The average Bonchev–Trinajstić information content (AvgIpc) is 3.63. The summed E-state index contributed by atoms with van der Waals surface area (Å²) in [6.07, 6.45) is 0. The van der Waals surface area contributed by atoms with E-state index < -0.39 is 5.41 Å². The highest BCUT2D eigenvalue weighted by atomic mass is 15.1. The van der Waals surface area contributed by atoms with Crippen LogP contribution in [0.15, 0.2) is 243 Å². The zero-order valence-corrected chi connectivity index (χ0v) is 31.5. The van der Waals surface area contributed by atoms with Gasteiger partial charge in [-0.25, -0.2) is 0 Å². The Kier molecular flexibility index (Phi) is 8.78. The molecule has 0 aliphatic carbocycles. The first-order valence-electron chi connectivity index (χ1n) is 19.6. The number of hydrogen-bond acceptors (Lipinski definition) is 1. The quantitative estimate of drug-likeness (QED) is 0.134. The van der Waals surface area contributed by atoms with Gasteiger partial charge in [-0.05, 0) is 94.0 Å². The van der Waals surface area contributed by atoms with Crippen molar-refractivity contribution in [3.63, 3.8) is 0 Å². The molecule has 57 heavy (non-hydrogen) atoms. The lowest BCUT2D eigenvalue weighted by atomic mass is 9.65. The third kappa shape index (κ3) is 6.00.